The average Bonchev–Trinajstić information content (AvgIpc) is 0.934. The summed E-state index contributed by atoms with van der Waals surface area (Å²) in [5.41, 5.74) is 0. The molecule has 0 spiro atoms. The number of rotatable bonds is 79. The van der Waals surface area contributed by atoms with Gasteiger partial charge in [0.1, 0.15) is 19.3 Å². The molecule has 0 saturated carbocycles. The molecule has 0 aromatic carbocycles. The maximum atomic E-state index is 13.1. The van der Waals surface area contributed by atoms with Crippen molar-refractivity contribution in [3.05, 3.63) is 0 Å². The Balaban J connectivity index is 5.28. The minimum Gasteiger partial charge on any atom is -0.462 e. The highest BCUT2D eigenvalue weighted by Crippen LogP contribution is 2.45. The van der Waals surface area contributed by atoms with Crippen LogP contribution >= 0.6 is 15.6 Å². The van der Waals surface area contributed by atoms with Crippen molar-refractivity contribution in [3.8, 4) is 0 Å². The quantitative estimate of drug-likeness (QED) is 0.0222. The summed E-state index contributed by atoms with van der Waals surface area (Å²) in [6, 6.07) is 0. The van der Waals surface area contributed by atoms with E-state index in [9.17, 15) is 43.2 Å². The monoisotopic (exact) mass is 1470 g/mol. The van der Waals surface area contributed by atoms with Gasteiger partial charge >= 0.3 is 39.5 Å². The molecule has 17 nitrogen and oxygen atoms in total. The summed E-state index contributed by atoms with van der Waals surface area (Å²) in [6.45, 7) is 12.0. The maximum absolute atomic E-state index is 13.1. The topological polar surface area (TPSA) is 237 Å². The normalized spacial score (nSPS) is 14.5. The lowest BCUT2D eigenvalue weighted by atomic mass is 9.99. The standard InChI is InChI=1S/C81H158O17P2/c1-8-11-12-13-14-15-16-19-26-34-41-48-55-62-78(83)91-69-77(98-81(86)65-58-51-44-37-30-29-33-40-47-54-61-74(7)10-3)71-96-100(89,90)94-67-75(82)66-93-99(87,88)95-70-76(68-92-79(84)63-56-49-42-35-27-23-22-24-31-38-45-52-59-72(4)5)97-80(85)64-57-50-43-36-28-21-18-17-20-25-32-39-46-53-60-73(6)9-2/h72-77,82H,8-71H2,1-7H3,(H,87,88)(H,89,90)/t73?,74?,75-,76-,77-/m1/s1. The Labute approximate surface area is 613 Å². The van der Waals surface area contributed by atoms with E-state index in [-0.39, 0.29) is 25.7 Å². The minimum atomic E-state index is -4.96. The molecule has 594 valence electrons. The molecule has 3 N–H and O–H groups in total. The van der Waals surface area contributed by atoms with Gasteiger partial charge in [-0.05, 0) is 43.4 Å². The van der Waals surface area contributed by atoms with Crippen LogP contribution in [0, 0.1) is 17.8 Å². The molecule has 0 amide bonds. The number of aliphatic hydroxyl groups is 1. The van der Waals surface area contributed by atoms with E-state index in [4.69, 9.17) is 37.0 Å². The van der Waals surface area contributed by atoms with E-state index < -0.39 is 97.5 Å². The fraction of sp³-hybridized carbons (Fsp3) is 0.951. The van der Waals surface area contributed by atoms with Crippen LogP contribution in [-0.4, -0.2) is 96.7 Å². The summed E-state index contributed by atoms with van der Waals surface area (Å²) >= 11 is 0. The molecule has 0 radical (unpaired) electrons. The van der Waals surface area contributed by atoms with Crippen LogP contribution in [0.1, 0.15) is 421 Å². The molecule has 0 bridgehead atoms. The summed E-state index contributed by atoms with van der Waals surface area (Å²) < 4.78 is 68.8. The van der Waals surface area contributed by atoms with Crippen molar-refractivity contribution >= 4 is 39.5 Å². The second-order valence-electron chi connectivity index (χ2n) is 30.1. The zero-order valence-corrected chi connectivity index (χ0v) is 67.5. The Hall–Kier alpha value is -1.94. The van der Waals surface area contributed by atoms with Crippen LogP contribution in [0.15, 0.2) is 0 Å². The summed E-state index contributed by atoms with van der Waals surface area (Å²) in [4.78, 5) is 73.1. The molecule has 0 aromatic rings. The molecule has 4 unspecified atom stereocenters. The zero-order chi connectivity index (χ0) is 73.7. The molecule has 7 atom stereocenters. The van der Waals surface area contributed by atoms with Gasteiger partial charge in [-0.15, -0.1) is 0 Å². The second kappa shape index (κ2) is 71.3. The smallest absolute Gasteiger partial charge is 0.462 e. The average molecular weight is 1470 g/mol. The molecular formula is C81H158O17P2. The first-order valence-corrected chi connectivity index (χ1v) is 44.9. The molecule has 0 saturated heterocycles. The number of phosphoric acid groups is 2. The molecule has 0 heterocycles. The summed E-state index contributed by atoms with van der Waals surface area (Å²) in [7, 11) is -9.92. The van der Waals surface area contributed by atoms with Crippen molar-refractivity contribution in [1.82, 2.24) is 0 Å². The van der Waals surface area contributed by atoms with Gasteiger partial charge in [0.05, 0.1) is 26.4 Å². The summed E-state index contributed by atoms with van der Waals surface area (Å²) in [6.07, 6.45) is 59.3. The first kappa shape index (κ1) is 98.1. The van der Waals surface area contributed by atoms with Crippen molar-refractivity contribution in [2.24, 2.45) is 17.8 Å². The predicted molar refractivity (Wildman–Crippen MR) is 409 cm³/mol. The highest BCUT2D eigenvalue weighted by atomic mass is 31.2. The van der Waals surface area contributed by atoms with Crippen molar-refractivity contribution in [1.29, 1.82) is 0 Å². The predicted octanol–water partition coefficient (Wildman–Crippen LogP) is 24.1. The molecule has 19 heteroatoms. The molecule has 0 rings (SSSR count). The third kappa shape index (κ3) is 71.7. The van der Waals surface area contributed by atoms with E-state index >= 15 is 0 Å². The summed E-state index contributed by atoms with van der Waals surface area (Å²) in [5, 5.41) is 10.7. The van der Waals surface area contributed by atoms with Crippen LogP contribution in [0.5, 0.6) is 0 Å². The highest BCUT2D eigenvalue weighted by molar-refractivity contribution is 7.47. The lowest BCUT2D eigenvalue weighted by Crippen LogP contribution is -2.30. The molecule has 0 aliphatic rings. The second-order valence-corrected chi connectivity index (χ2v) is 33.0. The minimum absolute atomic E-state index is 0.107. The Morgan fingerprint density at radius 1 is 0.290 bits per heavy atom. The first-order valence-electron chi connectivity index (χ1n) is 41.9. The lowest BCUT2D eigenvalue weighted by molar-refractivity contribution is -0.161. The van der Waals surface area contributed by atoms with Gasteiger partial charge in [-0.2, -0.15) is 0 Å². The highest BCUT2D eigenvalue weighted by Gasteiger charge is 2.30. The number of carbonyl (C=O) groups excluding carboxylic acids is 4. The molecule has 100 heavy (non-hydrogen) atoms. The van der Waals surface area contributed by atoms with Crippen molar-refractivity contribution in [3.63, 3.8) is 0 Å². The lowest BCUT2D eigenvalue weighted by Gasteiger charge is -2.21. The van der Waals surface area contributed by atoms with Crippen LogP contribution in [-0.2, 0) is 65.4 Å². The number of aliphatic hydroxyl groups excluding tert-OH is 1. The van der Waals surface area contributed by atoms with Gasteiger partial charge in [0.2, 0.25) is 0 Å². The third-order valence-electron chi connectivity index (χ3n) is 19.6. The van der Waals surface area contributed by atoms with Gasteiger partial charge in [0.15, 0.2) is 12.2 Å². The van der Waals surface area contributed by atoms with Gasteiger partial charge < -0.3 is 33.8 Å². The number of ether oxygens (including phenoxy) is 4. The van der Waals surface area contributed by atoms with Gasteiger partial charge in [0, 0.05) is 25.7 Å². The molecule has 0 aliphatic carbocycles. The van der Waals surface area contributed by atoms with Crippen molar-refractivity contribution < 1.29 is 80.2 Å². The molecule has 0 aliphatic heterocycles. The molecule has 0 fully saturated rings. The third-order valence-corrected chi connectivity index (χ3v) is 21.5. The van der Waals surface area contributed by atoms with E-state index in [2.05, 4.69) is 48.5 Å². The fourth-order valence-electron chi connectivity index (χ4n) is 12.4. The van der Waals surface area contributed by atoms with Crippen molar-refractivity contribution in [2.75, 3.05) is 39.6 Å². The number of esters is 4. The SMILES string of the molecule is CCCCCCCCCCCCCCCC(=O)OC[C@H](COP(=O)(O)OC[C@H](O)COP(=O)(O)OC[C@@H](COC(=O)CCCCCCCCCCCCCCC(C)C)OC(=O)CCCCCCCCCCCCCCCCC(C)CC)OC(=O)CCCCCCCCCCCCC(C)CC. The van der Waals surface area contributed by atoms with Gasteiger partial charge in [-0.25, -0.2) is 9.13 Å². The van der Waals surface area contributed by atoms with Crippen LogP contribution < -0.4 is 0 Å². The zero-order valence-electron chi connectivity index (χ0n) is 65.7. The van der Waals surface area contributed by atoms with E-state index in [1.807, 2.05) is 0 Å². The first-order chi connectivity index (χ1) is 48.3. The molecular weight excluding hydrogens is 1310 g/mol. The Bertz CT molecular complexity index is 1940. The van der Waals surface area contributed by atoms with Gasteiger partial charge in [0.25, 0.3) is 0 Å². The largest absolute Gasteiger partial charge is 0.472 e. The maximum Gasteiger partial charge on any atom is 0.472 e. The number of unbranched alkanes of at least 4 members (excludes halogenated alkanes) is 45. The van der Waals surface area contributed by atoms with Crippen LogP contribution in [0.3, 0.4) is 0 Å². The number of carbonyl (C=O) groups is 4. The van der Waals surface area contributed by atoms with E-state index in [1.54, 1.807) is 0 Å². The Morgan fingerprint density at radius 3 is 0.760 bits per heavy atom. The number of hydrogen-bond donors (Lipinski definition) is 3. The van der Waals surface area contributed by atoms with Crippen LogP contribution in [0.4, 0.5) is 0 Å². The van der Waals surface area contributed by atoms with E-state index in [1.165, 1.54) is 231 Å². The number of hydrogen-bond acceptors (Lipinski definition) is 15. The van der Waals surface area contributed by atoms with Crippen LogP contribution in [0.25, 0.3) is 0 Å². The fourth-order valence-corrected chi connectivity index (χ4v) is 14.0. The van der Waals surface area contributed by atoms with E-state index in [0.29, 0.717) is 25.7 Å². The summed E-state index contributed by atoms with van der Waals surface area (Å²) in [5.74, 6) is 0.322. The van der Waals surface area contributed by atoms with Crippen LogP contribution in [0.2, 0.25) is 0 Å². The Kier molecular flexibility index (Phi) is 69.9. The van der Waals surface area contributed by atoms with Gasteiger partial charge in [-0.1, -0.05) is 370 Å². The van der Waals surface area contributed by atoms with Gasteiger partial charge in [-0.3, -0.25) is 37.3 Å². The molecule has 0 aromatic heterocycles. The number of phosphoric ester groups is 2. The van der Waals surface area contributed by atoms with Crippen molar-refractivity contribution in [2.45, 2.75) is 439 Å². The van der Waals surface area contributed by atoms with E-state index in [0.717, 1.165) is 108 Å². The Morgan fingerprint density at radius 2 is 0.510 bits per heavy atom.